The van der Waals surface area contributed by atoms with E-state index in [4.69, 9.17) is 5.11 Å². The molecular formula is C10H15N3O2. The molecule has 0 spiro atoms. The van der Waals surface area contributed by atoms with Crippen LogP contribution in [0.4, 0.5) is 0 Å². The van der Waals surface area contributed by atoms with Crippen LogP contribution in [0.5, 0.6) is 0 Å². The first-order valence-electron chi connectivity index (χ1n) is 4.81. The Bertz CT molecular complexity index is 341. The van der Waals surface area contributed by atoms with Crippen molar-refractivity contribution in [2.45, 2.75) is 13.8 Å². The van der Waals surface area contributed by atoms with Crippen LogP contribution in [-0.4, -0.2) is 34.1 Å². The molecule has 5 nitrogen and oxygen atoms in total. The summed E-state index contributed by atoms with van der Waals surface area (Å²) in [5.41, 5.74) is 1.11. The number of carbonyl (C=O) groups excluding carboxylic acids is 1. The zero-order valence-corrected chi connectivity index (χ0v) is 8.90. The van der Waals surface area contributed by atoms with Gasteiger partial charge in [-0.3, -0.25) is 4.79 Å². The summed E-state index contributed by atoms with van der Waals surface area (Å²) in [7, 11) is 0. The highest BCUT2D eigenvalue weighted by molar-refractivity contribution is 5.92. The average Bonchev–Trinajstić information content (AvgIpc) is 2.25. The number of amides is 1. The van der Waals surface area contributed by atoms with Gasteiger partial charge in [-0.15, -0.1) is 0 Å². The third-order valence-corrected chi connectivity index (χ3v) is 1.96. The Labute approximate surface area is 88.6 Å². The molecule has 1 atom stereocenters. The average molecular weight is 209 g/mol. The minimum Gasteiger partial charge on any atom is -0.396 e. The topological polar surface area (TPSA) is 75.1 Å². The minimum atomic E-state index is -0.235. The summed E-state index contributed by atoms with van der Waals surface area (Å²) in [4.78, 5) is 19.3. The number of hydrogen-bond donors (Lipinski definition) is 2. The summed E-state index contributed by atoms with van der Waals surface area (Å²) >= 11 is 0. The van der Waals surface area contributed by atoms with E-state index in [9.17, 15) is 4.79 Å². The van der Waals surface area contributed by atoms with Crippen molar-refractivity contribution in [2.24, 2.45) is 5.92 Å². The molecule has 1 unspecified atom stereocenters. The Morgan fingerprint density at radius 2 is 2.33 bits per heavy atom. The Morgan fingerprint density at radius 3 is 2.93 bits per heavy atom. The fraction of sp³-hybridized carbons (Fsp3) is 0.500. The van der Waals surface area contributed by atoms with E-state index in [0.29, 0.717) is 12.2 Å². The van der Waals surface area contributed by atoms with Crippen LogP contribution in [0.2, 0.25) is 0 Å². The normalized spacial score (nSPS) is 12.2. The quantitative estimate of drug-likeness (QED) is 0.739. The third-order valence-electron chi connectivity index (χ3n) is 1.96. The zero-order valence-electron chi connectivity index (χ0n) is 8.90. The lowest BCUT2D eigenvalue weighted by Gasteiger charge is -2.08. The van der Waals surface area contributed by atoms with Crippen molar-refractivity contribution >= 4 is 5.91 Å². The van der Waals surface area contributed by atoms with Crippen LogP contribution in [0.3, 0.4) is 0 Å². The number of hydrogen-bond acceptors (Lipinski definition) is 4. The molecule has 0 bridgehead atoms. The highest BCUT2D eigenvalue weighted by Crippen LogP contribution is 1.97. The van der Waals surface area contributed by atoms with E-state index in [1.165, 1.54) is 6.33 Å². The van der Waals surface area contributed by atoms with Crippen LogP contribution in [0, 0.1) is 12.8 Å². The molecule has 2 N–H and O–H groups in total. The Hall–Kier alpha value is -1.49. The summed E-state index contributed by atoms with van der Waals surface area (Å²) in [5, 5.41) is 11.5. The lowest BCUT2D eigenvalue weighted by atomic mass is 10.2. The van der Waals surface area contributed by atoms with E-state index in [1.54, 1.807) is 13.0 Å². The maximum Gasteiger partial charge on any atom is 0.270 e. The zero-order chi connectivity index (χ0) is 11.3. The lowest BCUT2D eigenvalue weighted by molar-refractivity contribution is 0.0937. The molecule has 5 heteroatoms. The van der Waals surface area contributed by atoms with Gasteiger partial charge in [0, 0.05) is 18.8 Å². The van der Waals surface area contributed by atoms with Crippen molar-refractivity contribution < 1.29 is 9.90 Å². The second-order valence-electron chi connectivity index (χ2n) is 3.54. The monoisotopic (exact) mass is 209 g/mol. The number of rotatable bonds is 4. The van der Waals surface area contributed by atoms with E-state index < -0.39 is 0 Å². The van der Waals surface area contributed by atoms with Gasteiger partial charge in [0.1, 0.15) is 12.0 Å². The van der Waals surface area contributed by atoms with Crippen molar-refractivity contribution in [2.75, 3.05) is 13.2 Å². The van der Waals surface area contributed by atoms with Crippen molar-refractivity contribution in [1.82, 2.24) is 15.3 Å². The van der Waals surface area contributed by atoms with Gasteiger partial charge in [0.25, 0.3) is 5.91 Å². The molecule has 1 rings (SSSR count). The van der Waals surface area contributed by atoms with Gasteiger partial charge in [0.05, 0.1) is 0 Å². The lowest BCUT2D eigenvalue weighted by Crippen LogP contribution is -2.30. The van der Waals surface area contributed by atoms with Gasteiger partial charge in [-0.05, 0) is 18.9 Å². The molecule has 0 aliphatic carbocycles. The van der Waals surface area contributed by atoms with E-state index in [2.05, 4.69) is 15.3 Å². The van der Waals surface area contributed by atoms with E-state index in [1.807, 2.05) is 6.92 Å². The Morgan fingerprint density at radius 1 is 1.60 bits per heavy atom. The van der Waals surface area contributed by atoms with E-state index in [0.717, 1.165) is 5.69 Å². The van der Waals surface area contributed by atoms with Gasteiger partial charge in [0.15, 0.2) is 0 Å². The predicted octanol–water partition coefficient (Wildman–Crippen LogP) is 0.143. The summed E-state index contributed by atoms with van der Waals surface area (Å²) < 4.78 is 0. The number of nitrogens with zero attached hydrogens (tertiary/aromatic N) is 2. The van der Waals surface area contributed by atoms with Crippen molar-refractivity contribution in [3.05, 3.63) is 23.8 Å². The number of aliphatic hydroxyl groups is 1. The second kappa shape index (κ2) is 5.41. The molecular weight excluding hydrogens is 194 g/mol. The number of nitrogens with one attached hydrogen (secondary N) is 1. The Balaban J connectivity index is 2.54. The molecule has 0 saturated carbocycles. The van der Waals surface area contributed by atoms with Crippen LogP contribution < -0.4 is 5.32 Å². The number of aromatic nitrogens is 2. The van der Waals surface area contributed by atoms with Gasteiger partial charge in [-0.1, -0.05) is 6.92 Å². The molecule has 1 amide bonds. The molecule has 0 aliphatic rings. The van der Waals surface area contributed by atoms with E-state index in [-0.39, 0.29) is 18.4 Å². The van der Waals surface area contributed by atoms with Crippen LogP contribution >= 0.6 is 0 Å². The van der Waals surface area contributed by atoms with Crippen molar-refractivity contribution in [3.63, 3.8) is 0 Å². The molecule has 15 heavy (non-hydrogen) atoms. The molecule has 0 saturated heterocycles. The summed E-state index contributed by atoms with van der Waals surface area (Å²) in [6, 6.07) is 1.62. The first-order chi connectivity index (χ1) is 7.13. The molecule has 1 heterocycles. The van der Waals surface area contributed by atoms with Crippen molar-refractivity contribution in [3.8, 4) is 0 Å². The van der Waals surface area contributed by atoms with Gasteiger partial charge < -0.3 is 10.4 Å². The largest absolute Gasteiger partial charge is 0.396 e. The van der Waals surface area contributed by atoms with Gasteiger partial charge in [0.2, 0.25) is 0 Å². The molecule has 1 aromatic heterocycles. The fourth-order valence-electron chi connectivity index (χ4n) is 1.00. The van der Waals surface area contributed by atoms with Gasteiger partial charge in [-0.2, -0.15) is 0 Å². The molecule has 0 radical (unpaired) electrons. The molecule has 0 fully saturated rings. The fourth-order valence-corrected chi connectivity index (χ4v) is 1.00. The SMILES string of the molecule is Cc1cc(C(=O)NCC(C)CO)ncn1. The van der Waals surface area contributed by atoms with Crippen LogP contribution in [-0.2, 0) is 0 Å². The number of aryl methyl sites for hydroxylation is 1. The van der Waals surface area contributed by atoms with Gasteiger partial charge in [-0.25, -0.2) is 9.97 Å². The highest BCUT2D eigenvalue weighted by Gasteiger charge is 2.08. The maximum atomic E-state index is 11.5. The Kier molecular flexibility index (Phi) is 4.17. The van der Waals surface area contributed by atoms with Gasteiger partial charge >= 0.3 is 0 Å². The number of aliphatic hydroxyl groups excluding tert-OH is 1. The smallest absolute Gasteiger partial charge is 0.270 e. The molecule has 0 aliphatic heterocycles. The van der Waals surface area contributed by atoms with Crippen molar-refractivity contribution in [1.29, 1.82) is 0 Å². The van der Waals surface area contributed by atoms with Crippen LogP contribution in [0.25, 0.3) is 0 Å². The molecule has 0 aromatic carbocycles. The summed E-state index contributed by atoms with van der Waals surface area (Å²) in [5.74, 6) is -0.183. The summed E-state index contributed by atoms with van der Waals surface area (Å²) in [6.45, 7) is 4.15. The first-order valence-corrected chi connectivity index (χ1v) is 4.81. The highest BCUT2D eigenvalue weighted by atomic mass is 16.3. The number of carbonyl (C=O) groups is 1. The predicted molar refractivity (Wildman–Crippen MR) is 55.4 cm³/mol. The second-order valence-corrected chi connectivity index (χ2v) is 3.54. The first kappa shape index (κ1) is 11.6. The van der Waals surface area contributed by atoms with Crippen LogP contribution in [0.15, 0.2) is 12.4 Å². The third kappa shape index (κ3) is 3.63. The summed E-state index contributed by atoms with van der Waals surface area (Å²) in [6.07, 6.45) is 1.36. The minimum absolute atomic E-state index is 0.0527. The van der Waals surface area contributed by atoms with Crippen LogP contribution in [0.1, 0.15) is 23.1 Å². The standard InChI is InChI=1S/C10H15N3O2/c1-7(5-14)4-11-10(15)9-3-8(2)12-6-13-9/h3,6-7,14H,4-5H2,1-2H3,(H,11,15). The maximum absolute atomic E-state index is 11.5. The molecule has 1 aromatic rings. The van der Waals surface area contributed by atoms with E-state index >= 15 is 0 Å². The molecule has 82 valence electrons.